The fourth-order valence-corrected chi connectivity index (χ4v) is 5.45. The van der Waals surface area contributed by atoms with Gasteiger partial charge in [-0.2, -0.15) is 0 Å². The largest absolute Gasteiger partial charge is 0.444 e. The van der Waals surface area contributed by atoms with Gasteiger partial charge in [0.05, 0.1) is 157 Å². The molecule has 0 aromatic rings. The first-order chi connectivity index (χ1) is 31.3. The number of hydrogen-bond acceptors (Lipinski definition) is 19. The topological polar surface area (TPSA) is 331 Å². The van der Waals surface area contributed by atoms with Gasteiger partial charge in [0, 0.05) is 6.54 Å². The summed E-state index contributed by atoms with van der Waals surface area (Å²) in [5.41, 5.74) is 4.65. The standard InChI is InChI=1S/C39H70N8O18/c1-39(2,3)65-38(54)47-29-26-64-36-28(25-63-37(29)36)46-34(52)24-44-32(50)22-42-30(48)20-41-31(49)21-43-33(51)23-45-35(53)27-62-19-18-61-17-16-60-15-14-59-13-12-58-11-10-57-9-8-56-7-6-55-5-4-40/h28-29,36-37H,4-27,40H2,1-3H3,(H,41,49)(H,42,48)(H,43,51)(H,44,50)(H,45,53)(H,46,52)(H,47,54)/t28-,29-,36+,37+/m0/s1. The number of carbonyl (C=O) groups is 7. The van der Waals surface area contributed by atoms with Gasteiger partial charge in [-0.15, -0.1) is 0 Å². The molecule has 2 saturated heterocycles. The van der Waals surface area contributed by atoms with Crippen molar-refractivity contribution in [2.75, 3.05) is 158 Å². The third-order valence-corrected chi connectivity index (χ3v) is 8.43. The van der Waals surface area contributed by atoms with Crippen molar-refractivity contribution in [3.05, 3.63) is 0 Å². The zero-order chi connectivity index (χ0) is 47.5. The summed E-state index contributed by atoms with van der Waals surface area (Å²) >= 11 is 0. The summed E-state index contributed by atoms with van der Waals surface area (Å²) in [6, 6.07) is -0.974. The van der Waals surface area contributed by atoms with Crippen molar-refractivity contribution in [2.45, 2.75) is 50.7 Å². The summed E-state index contributed by atoms with van der Waals surface area (Å²) in [5.74, 6) is -3.79. The van der Waals surface area contributed by atoms with Crippen LogP contribution in [-0.2, 0) is 80.9 Å². The van der Waals surface area contributed by atoms with Crippen molar-refractivity contribution in [3.8, 4) is 0 Å². The number of hydrogen-bond donors (Lipinski definition) is 8. The molecule has 0 aromatic heterocycles. The Morgan fingerprint density at radius 1 is 0.446 bits per heavy atom. The number of ether oxygens (including phenoxy) is 11. The molecule has 2 rings (SSSR count). The minimum absolute atomic E-state index is 0.135. The molecule has 0 unspecified atom stereocenters. The molecule has 7 amide bonds. The van der Waals surface area contributed by atoms with Crippen LogP contribution in [-0.4, -0.2) is 230 Å². The molecule has 26 heteroatoms. The number of carbonyl (C=O) groups excluding carboxylic acids is 7. The summed E-state index contributed by atoms with van der Waals surface area (Å²) in [7, 11) is 0. The van der Waals surface area contributed by atoms with Gasteiger partial charge in [-0.1, -0.05) is 0 Å². The average Bonchev–Trinajstić information content (AvgIpc) is 3.85. The predicted molar refractivity (Wildman–Crippen MR) is 225 cm³/mol. The van der Waals surface area contributed by atoms with Crippen LogP contribution in [0.25, 0.3) is 0 Å². The summed E-state index contributed by atoms with van der Waals surface area (Å²) in [4.78, 5) is 84.8. The van der Waals surface area contributed by atoms with Gasteiger partial charge in [0.2, 0.25) is 35.4 Å². The van der Waals surface area contributed by atoms with Crippen LogP contribution in [0.15, 0.2) is 0 Å². The monoisotopic (exact) mass is 938 g/mol. The number of alkyl carbamates (subject to hydrolysis) is 1. The van der Waals surface area contributed by atoms with Crippen molar-refractivity contribution < 1.29 is 85.7 Å². The maximum atomic E-state index is 12.4. The van der Waals surface area contributed by atoms with E-state index in [1.807, 2.05) is 0 Å². The Labute approximate surface area is 378 Å². The van der Waals surface area contributed by atoms with Crippen LogP contribution in [0.5, 0.6) is 0 Å². The lowest BCUT2D eigenvalue weighted by atomic mass is 10.1. The fourth-order valence-electron chi connectivity index (χ4n) is 5.45. The molecule has 65 heavy (non-hydrogen) atoms. The molecule has 2 aliphatic rings. The van der Waals surface area contributed by atoms with Crippen molar-refractivity contribution >= 4 is 41.5 Å². The van der Waals surface area contributed by atoms with Crippen molar-refractivity contribution in [1.29, 1.82) is 0 Å². The van der Waals surface area contributed by atoms with Crippen LogP contribution in [0, 0.1) is 0 Å². The molecule has 0 bridgehead atoms. The van der Waals surface area contributed by atoms with Crippen LogP contribution in [0.2, 0.25) is 0 Å². The minimum atomic E-state index is -0.699. The molecule has 2 heterocycles. The van der Waals surface area contributed by atoms with E-state index in [9.17, 15) is 33.6 Å². The Hall–Kier alpha value is -4.35. The summed E-state index contributed by atoms with van der Waals surface area (Å²) in [6.07, 6.45) is -1.61. The van der Waals surface area contributed by atoms with E-state index >= 15 is 0 Å². The SMILES string of the molecule is CC(C)(C)OC(=O)N[C@H]1CO[C@H]2[C@@H]1OC[C@@H]2NC(=O)CNC(=O)CNC(=O)CNC(=O)CNC(=O)CNC(=O)COCCOCCOCCOCCOCCOCCOCCOCCN. The van der Waals surface area contributed by atoms with Gasteiger partial charge in [0.1, 0.15) is 24.4 Å². The quantitative estimate of drug-likeness (QED) is 0.0270. The molecule has 9 N–H and O–H groups in total. The number of fused-ring (bicyclic) bond motifs is 1. The second kappa shape index (κ2) is 34.9. The predicted octanol–water partition coefficient (Wildman–Crippen LogP) is -5.17. The lowest BCUT2D eigenvalue weighted by Crippen LogP contribution is -2.50. The Morgan fingerprint density at radius 2 is 0.754 bits per heavy atom. The first-order valence-electron chi connectivity index (χ1n) is 21.4. The van der Waals surface area contributed by atoms with E-state index in [1.165, 1.54) is 0 Å². The Kier molecular flexibility index (Phi) is 30.5. The smallest absolute Gasteiger partial charge is 0.408 e. The Morgan fingerprint density at radius 3 is 1.11 bits per heavy atom. The number of rotatable bonds is 37. The highest BCUT2D eigenvalue weighted by Gasteiger charge is 2.49. The molecule has 26 nitrogen and oxygen atoms in total. The first-order valence-corrected chi connectivity index (χ1v) is 21.4. The molecule has 4 atom stereocenters. The van der Waals surface area contributed by atoms with Crippen LogP contribution in [0.1, 0.15) is 20.8 Å². The lowest BCUT2D eigenvalue weighted by Gasteiger charge is -2.23. The van der Waals surface area contributed by atoms with Crippen molar-refractivity contribution in [2.24, 2.45) is 5.73 Å². The highest BCUT2D eigenvalue weighted by molar-refractivity contribution is 5.91. The molecule has 374 valence electrons. The summed E-state index contributed by atoms with van der Waals surface area (Å²) in [6.45, 7) is 9.60. The van der Waals surface area contributed by atoms with Crippen LogP contribution in [0.3, 0.4) is 0 Å². The van der Waals surface area contributed by atoms with E-state index in [2.05, 4.69) is 37.2 Å². The summed E-state index contributed by atoms with van der Waals surface area (Å²) < 4.78 is 59.5. The molecule has 0 radical (unpaired) electrons. The Balaban J connectivity index is 1.34. The fraction of sp³-hybridized carbons (Fsp3) is 0.821. The van der Waals surface area contributed by atoms with E-state index in [0.29, 0.717) is 92.4 Å². The van der Waals surface area contributed by atoms with E-state index in [4.69, 9.17) is 57.8 Å². The molecular formula is C39H70N8O18. The van der Waals surface area contributed by atoms with Gasteiger partial charge >= 0.3 is 6.09 Å². The normalized spacial score (nSPS) is 17.7. The van der Waals surface area contributed by atoms with Crippen LogP contribution < -0.4 is 43.0 Å². The van der Waals surface area contributed by atoms with E-state index in [0.717, 1.165) is 0 Å². The second-order valence-electron chi connectivity index (χ2n) is 15.0. The van der Waals surface area contributed by atoms with Crippen molar-refractivity contribution in [3.63, 3.8) is 0 Å². The molecule has 0 spiro atoms. The average molecular weight is 939 g/mol. The first kappa shape index (κ1) is 56.8. The third kappa shape index (κ3) is 29.7. The zero-order valence-corrected chi connectivity index (χ0v) is 37.7. The van der Waals surface area contributed by atoms with Gasteiger partial charge < -0.3 is 95.1 Å². The van der Waals surface area contributed by atoms with Gasteiger partial charge in [-0.3, -0.25) is 28.8 Å². The highest BCUT2D eigenvalue weighted by atomic mass is 16.6. The number of nitrogens with one attached hydrogen (secondary N) is 7. The van der Waals surface area contributed by atoms with E-state index in [1.54, 1.807) is 20.8 Å². The van der Waals surface area contributed by atoms with Crippen LogP contribution in [0.4, 0.5) is 4.79 Å². The molecule has 2 fully saturated rings. The maximum Gasteiger partial charge on any atom is 0.408 e. The zero-order valence-electron chi connectivity index (χ0n) is 37.7. The second-order valence-corrected chi connectivity index (χ2v) is 15.0. The number of amides is 7. The molecule has 0 aromatic carbocycles. The van der Waals surface area contributed by atoms with Gasteiger partial charge in [-0.05, 0) is 20.8 Å². The minimum Gasteiger partial charge on any atom is -0.444 e. The van der Waals surface area contributed by atoms with Gasteiger partial charge in [-0.25, -0.2) is 4.79 Å². The van der Waals surface area contributed by atoms with Crippen LogP contribution >= 0.6 is 0 Å². The molecule has 2 aliphatic heterocycles. The van der Waals surface area contributed by atoms with Gasteiger partial charge in [0.15, 0.2) is 0 Å². The summed E-state index contributed by atoms with van der Waals surface area (Å²) in [5, 5.41) is 17.0. The third-order valence-electron chi connectivity index (χ3n) is 8.43. The lowest BCUT2D eigenvalue weighted by molar-refractivity contribution is -0.130. The van der Waals surface area contributed by atoms with E-state index in [-0.39, 0.29) is 39.6 Å². The van der Waals surface area contributed by atoms with Gasteiger partial charge in [0.25, 0.3) is 0 Å². The molecule has 0 aliphatic carbocycles. The molecule has 0 saturated carbocycles. The Bertz CT molecular complexity index is 1410. The molecular weight excluding hydrogens is 868 g/mol. The highest BCUT2D eigenvalue weighted by Crippen LogP contribution is 2.27. The maximum absolute atomic E-state index is 12.4. The number of nitrogens with two attached hydrogens (primary N) is 1. The van der Waals surface area contributed by atoms with Crippen molar-refractivity contribution in [1.82, 2.24) is 37.2 Å². The van der Waals surface area contributed by atoms with E-state index < -0.39 is 97.6 Å².